The van der Waals surface area contributed by atoms with Crippen LogP contribution >= 0.6 is 63.7 Å². The summed E-state index contributed by atoms with van der Waals surface area (Å²) in [4.78, 5) is 0. The number of ether oxygens (including phenoxy) is 5. The van der Waals surface area contributed by atoms with Crippen molar-refractivity contribution >= 4 is 63.7 Å². The lowest BCUT2D eigenvalue weighted by molar-refractivity contribution is 0.120. The molecule has 0 aromatic heterocycles. The Kier molecular flexibility index (Phi) is 12.2. The summed E-state index contributed by atoms with van der Waals surface area (Å²) in [7, 11) is 0. The van der Waals surface area contributed by atoms with E-state index in [4.69, 9.17) is 23.7 Å². The molecule has 2 rings (SSSR count). The molecule has 0 saturated carbocycles. The molecule has 9 heteroatoms. The van der Waals surface area contributed by atoms with Crippen LogP contribution in [0.5, 0.6) is 23.0 Å². The Balaban J connectivity index is 2.01. The average Bonchev–Trinajstić information content (AvgIpc) is 2.71. The third-order valence-electron chi connectivity index (χ3n) is 3.60. The van der Waals surface area contributed by atoms with Gasteiger partial charge in [-0.1, -0.05) is 12.2 Å². The molecular weight excluding hydrogens is 664 g/mol. The van der Waals surface area contributed by atoms with E-state index in [1.807, 2.05) is 24.3 Å². The van der Waals surface area contributed by atoms with Crippen LogP contribution in [0, 0.1) is 0 Å². The smallest absolute Gasteiger partial charge is 0.148 e. The van der Waals surface area contributed by atoms with Crippen molar-refractivity contribution in [1.29, 1.82) is 0 Å². The lowest BCUT2D eigenvalue weighted by Crippen LogP contribution is -2.07. The SMILES string of the molecule is C=CCOCCOc1c(Br)cc(Oc2cc(Br)c(OCCOCC=C)c(Br)c2)cc1Br. The molecule has 0 amide bonds. The summed E-state index contributed by atoms with van der Waals surface area (Å²) in [6.45, 7) is 10.0. The minimum Gasteiger partial charge on any atom is -0.489 e. The number of benzene rings is 2. The van der Waals surface area contributed by atoms with E-state index in [2.05, 4.69) is 76.9 Å². The lowest BCUT2D eigenvalue weighted by Gasteiger charge is -2.15. The topological polar surface area (TPSA) is 46.2 Å². The molecule has 0 fully saturated rings. The molecule has 0 atom stereocenters. The third kappa shape index (κ3) is 8.90. The van der Waals surface area contributed by atoms with Gasteiger partial charge in [0, 0.05) is 0 Å². The predicted octanol–water partition coefficient (Wildman–Crippen LogP) is 7.69. The van der Waals surface area contributed by atoms with E-state index in [0.29, 0.717) is 62.6 Å². The van der Waals surface area contributed by atoms with Crippen LogP contribution in [0.3, 0.4) is 0 Å². The quantitative estimate of drug-likeness (QED) is 0.151. The Labute approximate surface area is 216 Å². The maximum absolute atomic E-state index is 6.02. The first-order valence-electron chi connectivity index (χ1n) is 9.25. The maximum atomic E-state index is 6.02. The minimum absolute atomic E-state index is 0.422. The summed E-state index contributed by atoms with van der Waals surface area (Å²) < 4.78 is 31.3. The highest BCUT2D eigenvalue weighted by molar-refractivity contribution is 9.11. The van der Waals surface area contributed by atoms with Crippen LogP contribution in [0.2, 0.25) is 0 Å². The van der Waals surface area contributed by atoms with E-state index in [1.54, 1.807) is 12.2 Å². The fraction of sp³-hybridized carbons (Fsp3) is 0.273. The normalized spacial score (nSPS) is 10.6. The molecule has 2 aromatic carbocycles. The zero-order valence-corrected chi connectivity index (χ0v) is 23.0. The molecule has 0 N–H and O–H groups in total. The summed E-state index contributed by atoms with van der Waals surface area (Å²) >= 11 is 14.1. The van der Waals surface area contributed by atoms with Gasteiger partial charge in [0.2, 0.25) is 0 Å². The first-order chi connectivity index (χ1) is 15.0. The van der Waals surface area contributed by atoms with Gasteiger partial charge in [-0.25, -0.2) is 0 Å². The second-order valence-electron chi connectivity index (χ2n) is 5.96. The van der Waals surface area contributed by atoms with Gasteiger partial charge < -0.3 is 23.7 Å². The van der Waals surface area contributed by atoms with E-state index in [9.17, 15) is 0 Å². The van der Waals surface area contributed by atoms with Gasteiger partial charge in [-0.15, -0.1) is 13.2 Å². The number of hydrogen-bond donors (Lipinski definition) is 0. The van der Waals surface area contributed by atoms with Crippen molar-refractivity contribution in [2.24, 2.45) is 0 Å². The standard InChI is InChI=1S/C22H22Br4O5/c1-3-5-27-7-9-29-21-17(23)11-15(12-18(21)24)31-16-13-19(25)22(20(26)14-16)30-10-8-28-6-4-2/h3-4,11-14H,1-2,5-10H2. The maximum Gasteiger partial charge on any atom is 0.148 e. The van der Waals surface area contributed by atoms with Crippen LogP contribution in [-0.4, -0.2) is 39.6 Å². The molecule has 0 aliphatic rings. The summed E-state index contributed by atoms with van der Waals surface area (Å²) in [6.07, 6.45) is 3.40. The molecule has 168 valence electrons. The van der Waals surface area contributed by atoms with Gasteiger partial charge in [0.25, 0.3) is 0 Å². The highest BCUT2D eigenvalue weighted by atomic mass is 79.9. The van der Waals surface area contributed by atoms with Crippen LogP contribution in [0.1, 0.15) is 0 Å². The molecule has 31 heavy (non-hydrogen) atoms. The molecule has 0 radical (unpaired) electrons. The third-order valence-corrected chi connectivity index (χ3v) is 5.95. The number of rotatable bonds is 14. The highest BCUT2D eigenvalue weighted by Crippen LogP contribution is 2.41. The van der Waals surface area contributed by atoms with Gasteiger partial charge in [0.05, 0.1) is 44.3 Å². The fourth-order valence-electron chi connectivity index (χ4n) is 2.34. The van der Waals surface area contributed by atoms with E-state index < -0.39 is 0 Å². The summed E-state index contributed by atoms with van der Waals surface area (Å²) in [6, 6.07) is 7.36. The first kappa shape index (κ1) is 26.4. The molecule has 0 unspecified atom stereocenters. The summed E-state index contributed by atoms with van der Waals surface area (Å²) in [5.74, 6) is 2.64. The number of hydrogen-bond acceptors (Lipinski definition) is 5. The number of halogens is 4. The molecule has 0 aliphatic carbocycles. The molecular formula is C22H22Br4O5. The van der Waals surface area contributed by atoms with Gasteiger partial charge in [0.1, 0.15) is 36.2 Å². The van der Waals surface area contributed by atoms with Crippen molar-refractivity contribution in [3.8, 4) is 23.0 Å². The van der Waals surface area contributed by atoms with Crippen LogP contribution in [0.15, 0.2) is 67.5 Å². The van der Waals surface area contributed by atoms with Crippen LogP contribution in [0.25, 0.3) is 0 Å². The largest absolute Gasteiger partial charge is 0.489 e. The Hall–Kier alpha value is -0.840. The van der Waals surface area contributed by atoms with Crippen molar-refractivity contribution in [2.75, 3.05) is 39.6 Å². The monoisotopic (exact) mass is 682 g/mol. The molecule has 5 nitrogen and oxygen atoms in total. The Morgan fingerprint density at radius 1 is 0.613 bits per heavy atom. The summed E-state index contributed by atoms with van der Waals surface area (Å²) in [5.41, 5.74) is 0. The van der Waals surface area contributed by atoms with Crippen molar-refractivity contribution in [2.45, 2.75) is 0 Å². The van der Waals surface area contributed by atoms with E-state index in [0.717, 1.165) is 17.9 Å². The van der Waals surface area contributed by atoms with Gasteiger partial charge in [-0.2, -0.15) is 0 Å². The van der Waals surface area contributed by atoms with Crippen LogP contribution in [-0.2, 0) is 9.47 Å². The second kappa shape index (κ2) is 14.3. The second-order valence-corrected chi connectivity index (χ2v) is 9.38. The van der Waals surface area contributed by atoms with Gasteiger partial charge in [0.15, 0.2) is 0 Å². The van der Waals surface area contributed by atoms with Crippen molar-refractivity contribution < 1.29 is 23.7 Å². The molecule has 0 heterocycles. The Morgan fingerprint density at radius 3 is 1.29 bits per heavy atom. The molecule has 0 bridgehead atoms. The molecule has 0 aliphatic heterocycles. The Morgan fingerprint density at radius 2 is 0.968 bits per heavy atom. The van der Waals surface area contributed by atoms with Gasteiger partial charge in [-0.05, 0) is 88.0 Å². The lowest BCUT2D eigenvalue weighted by atomic mass is 10.3. The zero-order chi connectivity index (χ0) is 22.6. The zero-order valence-electron chi connectivity index (χ0n) is 16.7. The van der Waals surface area contributed by atoms with E-state index in [-0.39, 0.29) is 0 Å². The van der Waals surface area contributed by atoms with Crippen molar-refractivity contribution in [3.05, 3.63) is 67.5 Å². The highest BCUT2D eigenvalue weighted by Gasteiger charge is 2.14. The van der Waals surface area contributed by atoms with Gasteiger partial charge >= 0.3 is 0 Å². The molecule has 2 aromatic rings. The summed E-state index contributed by atoms with van der Waals surface area (Å²) in [5, 5.41) is 0. The van der Waals surface area contributed by atoms with Gasteiger partial charge in [-0.3, -0.25) is 0 Å². The van der Waals surface area contributed by atoms with Crippen LogP contribution < -0.4 is 14.2 Å². The molecule has 0 saturated heterocycles. The minimum atomic E-state index is 0.422. The molecule has 0 spiro atoms. The fourth-order valence-corrected chi connectivity index (χ4v) is 5.09. The average molecular weight is 686 g/mol. The predicted molar refractivity (Wildman–Crippen MR) is 137 cm³/mol. The first-order valence-corrected chi connectivity index (χ1v) is 12.4. The Bertz CT molecular complexity index is 771. The van der Waals surface area contributed by atoms with Crippen molar-refractivity contribution in [1.82, 2.24) is 0 Å². The van der Waals surface area contributed by atoms with E-state index >= 15 is 0 Å². The van der Waals surface area contributed by atoms with E-state index in [1.165, 1.54) is 0 Å². The van der Waals surface area contributed by atoms with Crippen molar-refractivity contribution in [3.63, 3.8) is 0 Å². The van der Waals surface area contributed by atoms with Crippen LogP contribution in [0.4, 0.5) is 0 Å².